The van der Waals surface area contributed by atoms with E-state index in [1.54, 1.807) is 18.2 Å². The molecule has 1 aliphatic heterocycles. The van der Waals surface area contributed by atoms with Crippen molar-refractivity contribution in [3.63, 3.8) is 0 Å². The summed E-state index contributed by atoms with van der Waals surface area (Å²) in [4.78, 5) is 25.6. The maximum Gasteiger partial charge on any atom is 0.329 e. The van der Waals surface area contributed by atoms with E-state index in [0.29, 0.717) is 10.0 Å². The Morgan fingerprint density at radius 3 is 2.57 bits per heavy atom. The van der Waals surface area contributed by atoms with Crippen LogP contribution >= 0.6 is 15.9 Å². The number of carbonyl (C=O) groups is 2. The SMILES string of the molecule is O=C1N/C(=C/c2ccc(O)c(Br)c2)C(=O)N1Cc1ccccc1. The van der Waals surface area contributed by atoms with Crippen molar-refractivity contribution in [2.45, 2.75) is 6.54 Å². The van der Waals surface area contributed by atoms with E-state index in [1.807, 2.05) is 30.3 Å². The van der Waals surface area contributed by atoms with Gasteiger partial charge >= 0.3 is 6.03 Å². The van der Waals surface area contributed by atoms with Gasteiger partial charge in [0, 0.05) is 0 Å². The van der Waals surface area contributed by atoms with E-state index < -0.39 is 6.03 Å². The zero-order chi connectivity index (χ0) is 16.4. The van der Waals surface area contributed by atoms with Gasteiger partial charge in [0.15, 0.2) is 0 Å². The highest BCUT2D eigenvalue weighted by Crippen LogP contribution is 2.26. The predicted molar refractivity (Wildman–Crippen MR) is 89.3 cm³/mol. The Labute approximate surface area is 141 Å². The second kappa shape index (κ2) is 6.26. The molecule has 1 saturated heterocycles. The maximum absolute atomic E-state index is 12.4. The summed E-state index contributed by atoms with van der Waals surface area (Å²) in [5, 5.41) is 12.1. The fraction of sp³-hybridized carbons (Fsp3) is 0.0588. The molecule has 2 aromatic rings. The zero-order valence-electron chi connectivity index (χ0n) is 12.0. The molecule has 3 amide bonds. The lowest BCUT2D eigenvalue weighted by molar-refractivity contribution is -0.123. The van der Waals surface area contributed by atoms with Gasteiger partial charge in [0.2, 0.25) is 0 Å². The highest BCUT2D eigenvalue weighted by Gasteiger charge is 2.33. The number of phenols is 1. The standard InChI is InChI=1S/C17H13BrN2O3/c18-13-8-12(6-7-15(13)21)9-14-16(22)20(17(23)19-14)10-11-4-2-1-3-5-11/h1-9,21H,10H2,(H,19,23)/b14-9+. The van der Waals surface area contributed by atoms with Gasteiger partial charge in [-0.05, 0) is 45.3 Å². The van der Waals surface area contributed by atoms with E-state index in [-0.39, 0.29) is 23.9 Å². The zero-order valence-corrected chi connectivity index (χ0v) is 13.6. The molecule has 5 nitrogen and oxygen atoms in total. The van der Waals surface area contributed by atoms with Crippen molar-refractivity contribution in [3.8, 4) is 5.75 Å². The minimum Gasteiger partial charge on any atom is -0.507 e. The number of aromatic hydroxyl groups is 1. The average Bonchev–Trinajstić information content (AvgIpc) is 2.80. The van der Waals surface area contributed by atoms with Gasteiger partial charge in [-0.15, -0.1) is 0 Å². The van der Waals surface area contributed by atoms with Crippen molar-refractivity contribution < 1.29 is 14.7 Å². The van der Waals surface area contributed by atoms with E-state index in [0.717, 1.165) is 10.5 Å². The van der Waals surface area contributed by atoms with Crippen molar-refractivity contribution in [2.75, 3.05) is 0 Å². The molecule has 2 N–H and O–H groups in total. The van der Waals surface area contributed by atoms with E-state index >= 15 is 0 Å². The number of carbonyl (C=O) groups excluding carboxylic acids is 2. The van der Waals surface area contributed by atoms with Gasteiger partial charge in [0.05, 0.1) is 11.0 Å². The number of benzene rings is 2. The molecule has 116 valence electrons. The van der Waals surface area contributed by atoms with E-state index in [9.17, 15) is 14.7 Å². The first kappa shape index (κ1) is 15.3. The smallest absolute Gasteiger partial charge is 0.329 e. The molecule has 2 aromatic carbocycles. The monoisotopic (exact) mass is 372 g/mol. The van der Waals surface area contributed by atoms with Gasteiger partial charge in [-0.1, -0.05) is 36.4 Å². The molecule has 0 unspecified atom stereocenters. The van der Waals surface area contributed by atoms with Crippen LogP contribution in [0, 0.1) is 0 Å². The van der Waals surface area contributed by atoms with Gasteiger partial charge in [0.1, 0.15) is 11.4 Å². The van der Waals surface area contributed by atoms with Crippen LogP contribution in [-0.2, 0) is 11.3 Å². The van der Waals surface area contributed by atoms with Crippen LogP contribution < -0.4 is 5.32 Å². The van der Waals surface area contributed by atoms with E-state index in [1.165, 1.54) is 6.07 Å². The molecule has 0 bridgehead atoms. The van der Waals surface area contributed by atoms with Crippen molar-refractivity contribution in [1.82, 2.24) is 10.2 Å². The van der Waals surface area contributed by atoms with Gasteiger partial charge in [-0.2, -0.15) is 0 Å². The fourth-order valence-corrected chi connectivity index (χ4v) is 2.66. The molecule has 23 heavy (non-hydrogen) atoms. The number of nitrogens with one attached hydrogen (secondary N) is 1. The van der Waals surface area contributed by atoms with Crippen molar-refractivity contribution >= 4 is 33.9 Å². The third-order valence-corrected chi connectivity index (χ3v) is 4.06. The first-order valence-electron chi connectivity index (χ1n) is 6.91. The van der Waals surface area contributed by atoms with Gasteiger partial charge in [-0.25, -0.2) is 4.79 Å². The van der Waals surface area contributed by atoms with Gasteiger partial charge in [-0.3, -0.25) is 9.69 Å². The first-order valence-corrected chi connectivity index (χ1v) is 7.71. The fourth-order valence-electron chi connectivity index (χ4n) is 2.26. The van der Waals surface area contributed by atoms with Crippen LogP contribution in [0.2, 0.25) is 0 Å². The lowest BCUT2D eigenvalue weighted by Gasteiger charge is -2.11. The Hall–Kier alpha value is -2.60. The molecule has 0 atom stereocenters. The molecule has 6 heteroatoms. The highest BCUT2D eigenvalue weighted by atomic mass is 79.9. The van der Waals surface area contributed by atoms with E-state index in [2.05, 4.69) is 21.2 Å². The number of hydrogen-bond acceptors (Lipinski definition) is 3. The molecular formula is C17H13BrN2O3. The molecule has 1 fully saturated rings. The summed E-state index contributed by atoms with van der Waals surface area (Å²) in [7, 11) is 0. The third-order valence-electron chi connectivity index (χ3n) is 3.43. The lowest BCUT2D eigenvalue weighted by atomic mass is 10.2. The van der Waals surface area contributed by atoms with Crippen LogP contribution in [0.5, 0.6) is 5.75 Å². The summed E-state index contributed by atoms with van der Waals surface area (Å²) in [5.41, 5.74) is 1.79. The Kier molecular flexibility index (Phi) is 4.16. The number of urea groups is 1. The normalized spacial score (nSPS) is 16.0. The molecule has 0 aromatic heterocycles. The predicted octanol–water partition coefficient (Wildman–Crippen LogP) is 3.25. The van der Waals surface area contributed by atoms with Gasteiger partial charge < -0.3 is 10.4 Å². The van der Waals surface area contributed by atoms with Crippen LogP contribution in [-0.4, -0.2) is 21.9 Å². The maximum atomic E-state index is 12.4. The number of hydrogen-bond donors (Lipinski definition) is 2. The van der Waals surface area contributed by atoms with Crippen molar-refractivity contribution in [3.05, 3.63) is 69.8 Å². The summed E-state index contributed by atoms with van der Waals surface area (Å²) < 4.78 is 0.518. The van der Waals surface area contributed by atoms with Crippen molar-refractivity contribution in [2.24, 2.45) is 0 Å². The Balaban J connectivity index is 1.83. The number of phenolic OH excluding ortho intramolecular Hbond substituents is 1. The minimum atomic E-state index is -0.442. The third kappa shape index (κ3) is 3.27. The van der Waals surface area contributed by atoms with Crippen LogP contribution in [0.1, 0.15) is 11.1 Å². The first-order chi connectivity index (χ1) is 11.0. The summed E-state index contributed by atoms with van der Waals surface area (Å²) in [6, 6.07) is 13.7. The van der Waals surface area contributed by atoms with E-state index in [4.69, 9.17) is 0 Å². The Morgan fingerprint density at radius 1 is 1.13 bits per heavy atom. The minimum absolute atomic E-state index is 0.111. The second-order valence-corrected chi connectivity index (χ2v) is 5.93. The van der Waals surface area contributed by atoms with Crippen LogP contribution in [0.25, 0.3) is 6.08 Å². The Morgan fingerprint density at radius 2 is 1.87 bits per heavy atom. The average molecular weight is 373 g/mol. The summed E-state index contributed by atoms with van der Waals surface area (Å²) in [5.74, 6) is -0.261. The van der Waals surface area contributed by atoms with Crippen LogP contribution in [0.3, 0.4) is 0 Å². The largest absolute Gasteiger partial charge is 0.507 e. The Bertz CT molecular complexity index is 803. The number of amides is 3. The molecule has 1 heterocycles. The number of halogens is 1. The topological polar surface area (TPSA) is 69.6 Å². The van der Waals surface area contributed by atoms with Crippen LogP contribution in [0.4, 0.5) is 4.79 Å². The molecule has 0 spiro atoms. The molecule has 3 rings (SSSR count). The molecule has 1 aliphatic rings. The molecular weight excluding hydrogens is 360 g/mol. The number of nitrogens with zero attached hydrogens (tertiary/aromatic N) is 1. The van der Waals surface area contributed by atoms with Gasteiger partial charge in [0.25, 0.3) is 5.91 Å². The quantitative estimate of drug-likeness (QED) is 0.641. The van der Waals surface area contributed by atoms with Crippen LogP contribution in [0.15, 0.2) is 58.7 Å². The summed E-state index contributed by atoms with van der Waals surface area (Å²) in [6.45, 7) is 0.224. The molecule has 0 saturated carbocycles. The number of imide groups is 1. The summed E-state index contributed by atoms with van der Waals surface area (Å²) >= 11 is 3.22. The lowest BCUT2D eigenvalue weighted by Crippen LogP contribution is -2.30. The second-order valence-electron chi connectivity index (χ2n) is 5.08. The summed E-state index contributed by atoms with van der Waals surface area (Å²) in [6.07, 6.45) is 1.58. The number of rotatable bonds is 3. The molecule has 0 radical (unpaired) electrons. The molecule has 0 aliphatic carbocycles. The highest BCUT2D eigenvalue weighted by molar-refractivity contribution is 9.10. The van der Waals surface area contributed by atoms with Crippen molar-refractivity contribution in [1.29, 1.82) is 0 Å².